The van der Waals surface area contributed by atoms with Crippen molar-refractivity contribution in [2.75, 3.05) is 13.1 Å². The van der Waals surface area contributed by atoms with Crippen molar-refractivity contribution in [2.45, 2.75) is 19.6 Å². The van der Waals surface area contributed by atoms with Crippen LogP contribution in [0.25, 0.3) is 11.4 Å². The standard InChI is InChI=1S/C22H19Cl2N3O3/c23-18-6-1-14(9-19(18)24)13-30-17-4-2-15(3-5-17)22-25-10-16-11-27(12-21(28)29)8-7-20(16)26-22/h1-6,9-10H,7-8,11-13H2,(H,28,29). The zero-order valence-electron chi connectivity index (χ0n) is 16.0. The first-order valence-electron chi connectivity index (χ1n) is 9.44. The summed E-state index contributed by atoms with van der Waals surface area (Å²) in [7, 11) is 0. The number of ether oxygens (including phenoxy) is 1. The smallest absolute Gasteiger partial charge is 0.317 e. The van der Waals surface area contributed by atoms with Gasteiger partial charge in [-0.3, -0.25) is 9.69 Å². The molecule has 8 heteroatoms. The van der Waals surface area contributed by atoms with Gasteiger partial charge in [-0.15, -0.1) is 0 Å². The van der Waals surface area contributed by atoms with Crippen LogP contribution in [-0.2, 0) is 24.4 Å². The number of rotatable bonds is 6. The molecule has 3 aromatic rings. The number of carboxylic acid groups (broad SMARTS) is 1. The van der Waals surface area contributed by atoms with E-state index >= 15 is 0 Å². The summed E-state index contributed by atoms with van der Waals surface area (Å²) in [6, 6.07) is 13.0. The third-order valence-corrected chi connectivity index (χ3v) is 5.61. The van der Waals surface area contributed by atoms with Crippen LogP contribution in [0.3, 0.4) is 0 Å². The SMILES string of the molecule is O=C(O)CN1CCc2nc(-c3ccc(OCc4ccc(Cl)c(Cl)c4)cc3)ncc2C1. The van der Waals surface area contributed by atoms with Crippen molar-refractivity contribution in [3.05, 3.63) is 75.5 Å². The van der Waals surface area contributed by atoms with E-state index in [1.54, 1.807) is 18.3 Å². The molecule has 0 atom stereocenters. The minimum atomic E-state index is -0.822. The van der Waals surface area contributed by atoms with E-state index in [1.807, 2.05) is 35.2 Å². The molecule has 0 radical (unpaired) electrons. The van der Waals surface area contributed by atoms with Crippen LogP contribution in [0.15, 0.2) is 48.7 Å². The van der Waals surface area contributed by atoms with Crippen molar-refractivity contribution in [1.82, 2.24) is 14.9 Å². The maximum Gasteiger partial charge on any atom is 0.317 e. The molecule has 2 aromatic carbocycles. The lowest BCUT2D eigenvalue weighted by molar-refractivity contribution is -0.138. The van der Waals surface area contributed by atoms with Gasteiger partial charge in [-0.2, -0.15) is 0 Å². The zero-order chi connectivity index (χ0) is 21.1. The molecule has 1 N–H and O–H groups in total. The van der Waals surface area contributed by atoms with Gasteiger partial charge in [-0.05, 0) is 42.0 Å². The van der Waals surface area contributed by atoms with Crippen LogP contribution in [0.1, 0.15) is 16.8 Å². The van der Waals surface area contributed by atoms with Gasteiger partial charge in [0.25, 0.3) is 0 Å². The second-order valence-electron chi connectivity index (χ2n) is 7.08. The minimum absolute atomic E-state index is 0.0326. The molecule has 2 heterocycles. The Labute approximate surface area is 184 Å². The molecule has 1 aliphatic rings. The quantitative estimate of drug-likeness (QED) is 0.605. The Hall–Kier alpha value is -2.67. The third kappa shape index (κ3) is 4.90. The number of aromatic nitrogens is 2. The summed E-state index contributed by atoms with van der Waals surface area (Å²) >= 11 is 12.0. The molecule has 0 bridgehead atoms. The van der Waals surface area contributed by atoms with Crippen LogP contribution in [-0.4, -0.2) is 39.0 Å². The van der Waals surface area contributed by atoms with Gasteiger partial charge >= 0.3 is 5.97 Å². The van der Waals surface area contributed by atoms with Gasteiger partial charge in [0.1, 0.15) is 12.4 Å². The van der Waals surface area contributed by atoms with Crippen molar-refractivity contribution in [1.29, 1.82) is 0 Å². The number of hydrogen-bond acceptors (Lipinski definition) is 5. The topological polar surface area (TPSA) is 75.5 Å². The molecule has 0 saturated heterocycles. The van der Waals surface area contributed by atoms with Crippen molar-refractivity contribution < 1.29 is 14.6 Å². The van der Waals surface area contributed by atoms with Crippen LogP contribution < -0.4 is 4.74 Å². The fraction of sp³-hybridized carbons (Fsp3) is 0.227. The maximum absolute atomic E-state index is 10.9. The monoisotopic (exact) mass is 443 g/mol. The summed E-state index contributed by atoms with van der Waals surface area (Å²) in [5, 5.41) is 9.98. The number of halogens is 2. The third-order valence-electron chi connectivity index (χ3n) is 4.87. The highest BCUT2D eigenvalue weighted by atomic mass is 35.5. The Morgan fingerprint density at radius 3 is 2.67 bits per heavy atom. The lowest BCUT2D eigenvalue weighted by Crippen LogP contribution is -2.35. The largest absolute Gasteiger partial charge is 0.489 e. The Kier molecular flexibility index (Phi) is 6.18. The minimum Gasteiger partial charge on any atom is -0.489 e. The highest BCUT2D eigenvalue weighted by molar-refractivity contribution is 6.42. The average Bonchev–Trinajstić information content (AvgIpc) is 2.74. The molecule has 0 spiro atoms. The zero-order valence-corrected chi connectivity index (χ0v) is 17.5. The number of hydrogen-bond donors (Lipinski definition) is 1. The lowest BCUT2D eigenvalue weighted by atomic mass is 10.1. The Morgan fingerprint density at radius 1 is 1.13 bits per heavy atom. The average molecular weight is 444 g/mol. The number of aliphatic carboxylic acids is 1. The Morgan fingerprint density at radius 2 is 1.93 bits per heavy atom. The summed E-state index contributed by atoms with van der Waals surface area (Å²) in [6.07, 6.45) is 2.50. The normalized spacial score (nSPS) is 13.7. The fourth-order valence-electron chi connectivity index (χ4n) is 3.34. The molecule has 0 amide bonds. The summed E-state index contributed by atoms with van der Waals surface area (Å²) in [4.78, 5) is 21.9. The van der Waals surface area contributed by atoms with E-state index in [4.69, 9.17) is 33.0 Å². The molecule has 30 heavy (non-hydrogen) atoms. The van der Waals surface area contributed by atoms with Gasteiger partial charge in [0.05, 0.1) is 22.3 Å². The van der Waals surface area contributed by atoms with Gasteiger partial charge in [0.2, 0.25) is 0 Å². The molecular formula is C22H19Cl2N3O3. The number of nitrogens with zero attached hydrogens (tertiary/aromatic N) is 3. The molecular weight excluding hydrogens is 425 g/mol. The van der Waals surface area contributed by atoms with E-state index in [-0.39, 0.29) is 6.54 Å². The maximum atomic E-state index is 10.9. The van der Waals surface area contributed by atoms with Crippen molar-refractivity contribution in [3.63, 3.8) is 0 Å². The number of fused-ring (bicyclic) bond motifs is 1. The molecule has 0 saturated carbocycles. The van der Waals surface area contributed by atoms with Crippen LogP contribution in [0.4, 0.5) is 0 Å². The first kappa shape index (κ1) is 20.6. The van der Waals surface area contributed by atoms with E-state index in [2.05, 4.69) is 9.97 Å². The number of benzene rings is 2. The molecule has 6 nitrogen and oxygen atoms in total. The predicted molar refractivity (Wildman–Crippen MR) is 115 cm³/mol. The molecule has 0 fully saturated rings. The molecule has 1 aromatic heterocycles. The number of carbonyl (C=O) groups is 1. The summed E-state index contributed by atoms with van der Waals surface area (Å²) in [5.41, 5.74) is 3.78. The van der Waals surface area contributed by atoms with Gasteiger partial charge in [-0.25, -0.2) is 9.97 Å². The van der Waals surface area contributed by atoms with Crippen LogP contribution in [0, 0.1) is 0 Å². The van der Waals surface area contributed by atoms with Crippen LogP contribution in [0.2, 0.25) is 10.0 Å². The van der Waals surface area contributed by atoms with E-state index in [0.29, 0.717) is 42.0 Å². The first-order valence-corrected chi connectivity index (χ1v) is 10.2. The summed E-state index contributed by atoms with van der Waals surface area (Å²) in [5.74, 6) is 0.556. The van der Waals surface area contributed by atoms with Crippen LogP contribution in [0.5, 0.6) is 5.75 Å². The van der Waals surface area contributed by atoms with Gasteiger partial charge in [0.15, 0.2) is 5.82 Å². The van der Waals surface area contributed by atoms with Crippen molar-refractivity contribution >= 4 is 29.2 Å². The highest BCUT2D eigenvalue weighted by Crippen LogP contribution is 2.25. The predicted octanol–water partition coefficient (Wildman–Crippen LogP) is 4.47. The number of carboxylic acids is 1. The van der Waals surface area contributed by atoms with E-state index < -0.39 is 5.97 Å². The first-order chi connectivity index (χ1) is 14.5. The van der Waals surface area contributed by atoms with Crippen LogP contribution >= 0.6 is 23.2 Å². The van der Waals surface area contributed by atoms with Gasteiger partial charge in [0, 0.05) is 36.8 Å². The molecule has 0 aliphatic carbocycles. The van der Waals surface area contributed by atoms with Crippen molar-refractivity contribution in [2.24, 2.45) is 0 Å². The molecule has 4 rings (SSSR count). The Bertz CT molecular complexity index is 1070. The van der Waals surface area contributed by atoms with E-state index in [1.165, 1.54) is 0 Å². The second kappa shape index (κ2) is 9.00. The second-order valence-corrected chi connectivity index (χ2v) is 7.90. The fourth-order valence-corrected chi connectivity index (χ4v) is 3.66. The molecule has 0 unspecified atom stereocenters. The highest BCUT2D eigenvalue weighted by Gasteiger charge is 2.20. The Balaban J connectivity index is 1.41. The van der Waals surface area contributed by atoms with E-state index in [0.717, 1.165) is 28.1 Å². The van der Waals surface area contributed by atoms with Gasteiger partial charge in [-0.1, -0.05) is 29.3 Å². The van der Waals surface area contributed by atoms with Gasteiger partial charge < -0.3 is 9.84 Å². The summed E-state index contributed by atoms with van der Waals surface area (Å²) < 4.78 is 5.82. The molecule has 1 aliphatic heterocycles. The van der Waals surface area contributed by atoms with Crippen molar-refractivity contribution in [3.8, 4) is 17.1 Å². The molecule has 154 valence electrons. The lowest BCUT2D eigenvalue weighted by Gasteiger charge is -2.26. The van der Waals surface area contributed by atoms with E-state index in [9.17, 15) is 4.79 Å². The summed E-state index contributed by atoms with van der Waals surface area (Å²) in [6.45, 7) is 1.66.